The Hall–Kier alpha value is -0.600. The second-order valence-corrected chi connectivity index (χ2v) is 13.4. The molecular weight excluding hydrogens is 558 g/mol. The van der Waals surface area contributed by atoms with Crippen molar-refractivity contribution in [2.45, 2.75) is 133 Å². The fraction of sp³-hybridized carbons (Fsp3) is 1.00. The van der Waals surface area contributed by atoms with Gasteiger partial charge in [0.25, 0.3) is 0 Å². The molecule has 15 nitrogen and oxygen atoms in total. The van der Waals surface area contributed by atoms with Gasteiger partial charge in [0.2, 0.25) is 0 Å². The summed E-state index contributed by atoms with van der Waals surface area (Å²) in [6.45, 7) is 9.62. The first kappa shape index (κ1) is 35.9. The molecule has 3 fully saturated rings. The highest BCUT2D eigenvalue weighted by atomic mass is 16.7. The Labute approximate surface area is 247 Å². The SMILES string of the molecule is CNC1C(OC(C)(C)C)OC(CO)C(OC2OC(CO)C(OC3OC(CO)C(C(C)(C)C)C(O)C3N)C(O)C2N)C1O. The van der Waals surface area contributed by atoms with Crippen LogP contribution in [0.4, 0.5) is 0 Å². The lowest BCUT2D eigenvalue weighted by atomic mass is 9.71. The minimum absolute atomic E-state index is 0.402. The van der Waals surface area contributed by atoms with Crippen LogP contribution >= 0.6 is 0 Å². The average molecular weight is 612 g/mol. The zero-order valence-electron chi connectivity index (χ0n) is 25.6. The first-order valence-electron chi connectivity index (χ1n) is 14.5. The first-order chi connectivity index (χ1) is 19.5. The number of rotatable bonds is 9. The maximum atomic E-state index is 11.2. The van der Waals surface area contributed by atoms with Crippen LogP contribution in [0.2, 0.25) is 0 Å². The number of nitrogens with two attached hydrogens (primary N) is 2. The van der Waals surface area contributed by atoms with E-state index in [1.54, 1.807) is 7.05 Å². The fourth-order valence-electron chi connectivity index (χ4n) is 6.00. The van der Waals surface area contributed by atoms with E-state index < -0.39 is 123 Å². The molecule has 3 aliphatic heterocycles. The molecule has 3 saturated heterocycles. The van der Waals surface area contributed by atoms with Gasteiger partial charge in [-0.15, -0.1) is 0 Å². The summed E-state index contributed by atoms with van der Waals surface area (Å²) in [7, 11) is 1.61. The van der Waals surface area contributed by atoms with Crippen LogP contribution in [0.3, 0.4) is 0 Å². The summed E-state index contributed by atoms with van der Waals surface area (Å²) in [6.07, 6.45) is -12.8. The molecule has 0 aromatic carbocycles. The van der Waals surface area contributed by atoms with Gasteiger partial charge in [-0.2, -0.15) is 0 Å². The molecule has 3 rings (SSSR count). The number of nitrogens with one attached hydrogen (secondary N) is 1. The minimum atomic E-state index is -1.48. The molecule has 0 radical (unpaired) electrons. The van der Waals surface area contributed by atoms with Gasteiger partial charge in [-0.1, -0.05) is 20.8 Å². The largest absolute Gasteiger partial charge is 0.394 e. The maximum Gasteiger partial charge on any atom is 0.176 e. The van der Waals surface area contributed by atoms with E-state index in [1.165, 1.54) is 0 Å². The summed E-state index contributed by atoms with van der Waals surface area (Å²) in [4.78, 5) is 0. The van der Waals surface area contributed by atoms with E-state index >= 15 is 0 Å². The van der Waals surface area contributed by atoms with Crippen molar-refractivity contribution in [3.05, 3.63) is 0 Å². The van der Waals surface area contributed by atoms with Gasteiger partial charge >= 0.3 is 0 Å². The highest BCUT2D eigenvalue weighted by Crippen LogP contribution is 2.39. The Morgan fingerprint density at radius 3 is 1.52 bits per heavy atom. The second kappa shape index (κ2) is 14.2. The Morgan fingerprint density at radius 2 is 1.10 bits per heavy atom. The average Bonchev–Trinajstić information content (AvgIpc) is 2.90. The summed E-state index contributed by atoms with van der Waals surface area (Å²) < 4.78 is 35.6. The quantitative estimate of drug-likeness (QED) is 0.124. The lowest BCUT2D eigenvalue weighted by Crippen LogP contribution is -2.69. The van der Waals surface area contributed by atoms with Crippen molar-refractivity contribution in [1.82, 2.24) is 5.32 Å². The van der Waals surface area contributed by atoms with E-state index in [9.17, 15) is 30.6 Å². The molecule has 0 spiro atoms. The van der Waals surface area contributed by atoms with Crippen molar-refractivity contribution in [2.75, 3.05) is 26.9 Å². The fourth-order valence-corrected chi connectivity index (χ4v) is 6.00. The zero-order chi connectivity index (χ0) is 31.7. The van der Waals surface area contributed by atoms with E-state index in [-0.39, 0.29) is 0 Å². The number of likely N-dealkylation sites (N-methyl/N-ethyl adjacent to an activating group) is 1. The van der Waals surface area contributed by atoms with Gasteiger partial charge in [0.05, 0.1) is 55.8 Å². The zero-order valence-corrected chi connectivity index (χ0v) is 25.6. The van der Waals surface area contributed by atoms with E-state index in [1.807, 2.05) is 41.5 Å². The number of aliphatic hydroxyl groups excluding tert-OH is 6. The number of hydrogen-bond acceptors (Lipinski definition) is 15. The molecule has 0 aliphatic carbocycles. The summed E-state index contributed by atoms with van der Waals surface area (Å²) in [5, 5.41) is 66.4. The van der Waals surface area contributed by atoms with Crippen molar-refractivity contribution in [3.8, 4) is 0 Å². The van der Waals surface area contributed by atoms with Crippen LogP contribution in [0.1, 0.15) is 41.5 Å². The molecule has 15 atom stereocenters. The molecule has 0 saturated carbocycles. The molecule has 248 valence electrons. The standard InChI is InChI=1S/C27H53N3O12/c1-26(2,3)14-11(8-31)37-23(15(28)18(14)34)40-21-12(9-32)38-24(16(29)19(21)35)41-22-13(10-33)39-25(42-27(4,5)6)17(30-7)20(22)36/h11-25,30-36H,8-10,28-29H2,1-7H3. The summed E-state index contributed by atoms with van der Waals surface area (Å²) in [6, 6.07) is -3.05. The van der Waals surface area contributed by atoms with E-state index in [4.69, 9.17) is 39.9 Å². The van der Waals surface area contributed by atoms with Crippen LogP contribution in [-0.4, -0.2) is 149 Å². The van der Waals surface area contributed by atoms with Gasteiger partial charge in [-0.3, -0.25) is 0 Å². The topological polar surface area (TPSA) is 241 Å². The molecule has 15 unspecified atom stereocenters. The predicted octanol–water partition coefficient (Wildman–Crippen LogP) is -3.29. The van der Waals surface area contributed by atoms with Crippen LogP contribution in [0, 0.1) is 11.3 Å². The van der Waals surface area contributed by atoms with Gasteiger partial charge in [-0.25, -0.2) is 0 Å². The van der Waals surface area contributed by atoms with Crippen LogP contribution in [0.15, 0.2) is 0 Å². The molecule has 15 heteroatoms. The number of aliphatic hydroxyl groups is 6. The van der Waals surface area contributed by atoms with Crippen molar-refractivity contribution in [2.24, 2.45) is 22.8 Å². The summed E-state index contributed by atoms with van der Waals surface area (Å²) in [5.74, 6) is -0.503. The number of hydrogen-bond donors (Lipinski definition) is 9. The summed E-state index contributed by atoms with van der Waals surface area (Å²) >= 11 is 0. The molecular formula is C27H53N3O12. The molecule has 0 aromatic rings. The predicted molar refractivity (Wildman–Crippen MR) is 148 cm³/mol. The molecule has 11 N–H and O–H groups in total. The van der Waals surface area contributed by atoms with Crippen LogP contribution in [0.5, 0.6) is 0 Å². The molecule has 0 bridgehead atoms. The molecule has 3 aliphatic rings. The maximum absolute atomic E-state index is 11.2. The van der Waals surface area contributed by atoms with Gasteiger partial charge < -0.3 is 75.8 Å². The highest BCUT2D eigenvalue weighted by molar-refractivity contribution is 5.00. The molecule has 0 amide bonds. The molecule has 3 heterocycles. The van der Waals surface area contributed by atoms with Gasteiger partial charge in [-0.05, 0) is 33.2 Å². The minimum Gasteiger partial charge on any atom is -0.394 e. The van der Waals surface area contributed by atoms with Crippen molar-refractivity contribution < 1.29 is 59.1 Å². The third-order valence-corrected chi connectivity index (χ3v) is 8.11. The monoisotopic (exact) mass is 611 g/mol. The third-order valence-electron chi connectivity index (χ3n) is 8.11. The smallest absolute Gasteiger partial charge is 0.176 e. The first-order valence-corrected chi connectivity index (χ1v) is 14.5. The van der Waals surface area contributed by atoms with E-state index in [0.29, 0.717) is 0 Å². The van der Waals surface area contributed by atoms with Crippen molar-refractivity contribution >= 4 is 0 Å². The normalized spacial score (nSPS) is 45.6. The van der Waals surface area contributed by atoms with E-state index in [0.717, 1.165) is 0 Å². The molecule has 0 aromatic heterocycles. The van der Waals surface area contributed by atoms with Crippen molar-refractivity contribution in [1.29, 1.82) is 0 Å². The Balaban J connectivity index is 1.75. The Morgan fingerprint density at radius 1 is 0.667 bits per heavy atom. The number of ether oxygens (including phenoxy) is 6. The Kier molecular flexibility index (Phi) is 12.1. The highest BCUT2D eigenvalue weighted by Gasteiger charge is 2.54. The second-order valence-electron chi connectivity index (χ2n) is 13.4. The van der Waals surface area contributed by atoms with Crippen molar-refractivity contribution in [3.63, 3.8) is 0 Å². The van der Waals surface area contributed by atoms with Gasteiger partial charge in [0.15, 0.2) is 18.9 Å². The third kappa shape index (κ3) is 7.78. The van der Waals surface area contributed by atoms with E-state index in [2.05, 4.69) is 5.32 Å². The molecule has 42 heavy (non-hydrogen) atoms. The lowest BCUT2D eigenvalue weighted by Gasteiger charge is -2.51. The van der Waals surface area contributed by atoms with Crippen LogP contribution in [0.25, 0.3) is 0 Å². The lowest BCUT2D eigenvalue weighted by molar-refractivity contribution is -0.354. The van der Waals surface area contributed by atoms with Crippen LogP contribution < -0.4 is 16.8 Å². The summed E-state index contributed by atoms with van der Waals surface area (Å²) in [5.41, 5.74) is 11.5. The van der Waals surface area contributed by atoms with Gasteiger partial charge in [0.1, 0.15) is 36.6 Å². The van der Waals surface area contributed by atoms with Gasteiger partial charge in [0, 0.05) is 5.92 Å². The van der Waals surface area contributed by atoms with Crippen LogP contribution in [-0.2, 0) is 28.4 Å². The Bertz CT molecular complexity index is 840.